The number of carboxylic acids is 1. The quantitative estimate of drug-likeness (QED) is 0.153. The lowest BCUT2D eigenvalue weighted by Gasteiger charge is -2.40. The summed E-state index contributed by atoms with van der Waals surface area (Å²) in [6, 6.07) is 0. The molecule has 2 aliphatic heterocycles. The van der Waals surface area contributed by atoms with Crippen LogP contribution in [0, 0.1) is 5.92 Å². The largest absolute Gasteiger partial charge is 0.506 e. The van der Waals surface area contributed by atoms with Gasteiger partial charge in [0.1, 0.15) is 34.5 Å². The van der Waals surface area contributed by atoms with E-state index in [-0.39, 0.29) is 28.6 Å². The molecule has 2 heterocycles. The van der Waals surface area contributed by atoms with Crippen LogP contribution in [0.25, 0.3) is 6.08 Å². The van der Waals surface area contributed by atoms with E-state index < -0.39 is 23.3 Å². The van der Waals surface area contributed by atoms with Crippen molar-refractivity contribution in [3.8, 4) is 17.2 Å². The SMILES string of the molecule is CC(C)=CCC[C@@]1(C)C=Cc2c(O)c3c(c(CC=C(C)C)c2O1)OC1C(=CC[C@@H]1C(C)(C)OCC/C=C(\C)C(=O)O)C3=O. The highest BCUT2D eigenvalue weighted by Gasteiger charge is 2.49. The number of carbonyl (C=O) groups is 2. The van der Waals surface area contributed by atoms with E-state index in [1.807, 2.05) is 52.8 Å². The Morgan fingerprint density at radius 2 is 1.79 bits per heavy atom. The van der Waals surface area contributed by atoms with Gasteiger partial charge < -0.3 is 24.4 Å². The topological polar surface area (TPSA) is 102 Å². The molecular weight excluding hydrogens is 544 g/mol. The minimum absolute atomic E-state index is 0.113. The number of carboxylic acid groups (broad SMARTS) is 1. The number of ether oxygens (including phenoxy) is 3. The highest BCUT2D eigenvalue weighted by molar-refractivity contribution is 6.15. The summed E-state index contributed by atoms with van der Waals surface area (Å²) in [5, 5.41) is 20.6. The summed E-state index contributed by atoms with van der Waals surface area (Å²) in [4.78, 5) is 25.1. The van der Waals surface area contributed by atoms with Crippen LogP contribution in [0.5, 0.6) is 17.2 Å². The zero-order chi connectivity index (χ0) is 31.7. The Labute approximate surface area is 255 Å². The molecule has 4 rings (SSSR count). The number of Topliss-reactive ketones (excluding diaryl/α,β-unsaturated/α-hetero) is 1. The number of rotatable bonds is 11. The summed E-state index contributed by atoms with van der Waals surface area (Å²) >= 11 is 0. The predicted molar refractivity (Wildman–Crippen MR) is 169 cm³/mol. The summed E-state index contributed by atoms with van der Waals surface area (Å²) < 4.78 is 19.7. The molecule has 7 heteroatoms. The zero-order valence-electron chi connectivity index (χ0n) is 26.8. The van der Waals surface area contributed by atoms with Crippen molar-refractivity contribution < 1.29 is 34.0 Å². The van der Waals surface area contributed by atoms with Crippen LogP contribution < -0.4 is 9.47 Å². The van der Waals surface area contributed by atoms with Crippen LogP contribution in [0.2, 0.25) is 0 Å². The fourth-order valence-corrected chi connectivity index (χ4v) is 5.97. The lowest BCUT2D eigenvalue weighted by atomic mass is 9.81. The highest BCUT2D eigenvalue weighted by Crippen LogP contribution is 2.53. The first kappa shape index (κ1) is 32.3. The smallest absolute Gasteiger partial charge is 0.330 e. The molecule has 0 aromatic heterocycles. The molecule has 1 aliphatic carbocycles. The van der Waals surface area contributed by atoms with Gasteiger partial charge in [-0.3, -0.25) is 4.79 Å². The van der Waals surface area contributed by atoms with Gasteiger partial charge in [0.05, 0.1) is 17.8 Å². The summed E-state index contributed by atoms with van der Waals surface area (Å²) in [5.41, 5.74) is 3.40. The number of phenolic OH excluding ortho intramolecular Hbond substituents is 1. The molecule has 7 nitrogen and oxygen atoms in total. The van der Waals surface area contributed by atoms with Crippen LogP contribution in [-0.4, -0.2) is 45.9 Å². The number of ketones is 1. The molecule has 0 saturated heterocycles. The first-order chi connectivity index (χ1) is 20.1. The minimum atomic E-state index is -0.946. The van der Waals surface area contributed by atoms with Gasteiger partial charge in [-0.05, 0) is 99.6 Å². The second-order valence-electron chi connectivity index (χ2n) is 13.1. The normalized spacial score (nSPS) is 22.5. The molecule has 1 aromatic carbocycles. The first-order valence-electron chi connectivity index (χ1n) is 15.2. The third kappa shape index (κ3) is 6.82. The molecule has 0 amide bonds. The number of phenols is 1. The van der Waals surface area contributed by atoms with Gasteiger partial charge in [-0.15, -0.1) is 0 Å². The van der Waals surface area contributed by atoms with Gasteiger partial charge >= 0.3 is 5.97 Å². The number of hydrogen-bond acceptors (Lipinski definition) is 6. The lowest BCUT2D eigenvalue weighted by Crippen LogP contribution is -2.45. The number of allylic oxidation sites excluding steroid dienone is 5. The van der Waals surface area contributed by atoms with Gasteiger partial charge in [0.15, 0.2) is 5.78 Å². The molecule has 1 aromatic rings. The summed E-state index contributed by atoms with van der Waals surface area (Å²) in [6.07, 6.45) is 14.3. The Kier molecular flexibility index (Phi) is 9.45. The second kappa shape index (κ2) is 12.6. The average molecular weight is 591 g/mol. The first-order valence-corrected chi connectivity index (χ1v) is 15.2. The van der Waals surface area contributed by atoms with E-state index in [4.69, 9.17) is 19.3 Å². The van der Waals surface area contributed by atoms with Crippen molar-refractivity contribution >= 4 is 17.8 Å². The van der Waals surface area contributed by atoms with Gasteiger partial charge in [0.25, 0.3) is 0 Å². The van der Waals surface area contributed by atoms with Crippen LogP contribution in [-0.2, 0) is 16.0 Å². The molecule has 3 aliphatic rings. The van der Waals surface area contributed by atoms with Gasteiger partial charge in [-0.2, -0.15) is 0 Å². The predicted octanol–water partition coefficient (Wildman–Crippen LogP) is 7.92. The van der Waals surface area contributed by atoms with Crippen LogP contribution in [0.3, 0.4) is 0 Å². The van der Waals surface area contributed by atoms with E-state index in [1.54, 1.807) is 13.0 Å². The number of carbonyl (C=O) groups excluding carboxylic acids is 1. The van der Waals surface area contributed by atoms with E-state index in [2.05, 4.69) is 26.0 Å². The van der Waals surface area contributed by atoms with E-state index in [0.717, 1.165) is 24.0 Å². The van der Waals surface area contributed by atoms with Gasteiger partial charge in [0.2, 0.25) is 0 Å². The fourth-order valence-electron chi connectivity index (χ4n) is 5.97. The van der Waals surface area contributed by atoms with Gasteiger partial charge in [0, 0.05) is 22.6 Å². The maximum atomic E-state index is 14.0. The Bertz CT molecular complexity index is 1440. The summed E-state index contributed by atoms with van der Waals surface area (Å²) in [6.45, 7) is 16.1. The van der Waals surface area contributed by atoms with Crippen LogP contribution in [0.15, 0.2) is 52.7 Å². The molecule has 0 fully saturated rings. The minimum Gasteiger partial charge on any atom is -0.506 e. The fraction of sp³-hybridized carbons (Fsp3) is 0.500. The maximum Gasteiger partial charge on any atom is 0.330 e. The Morgan fingerprint density at radius 3 is 2.44 bits per heavy atom. The number of hydrogen-bond donors (Lipinski definition) is 2. The maximum absolute atomic E-state index is 14.0. The second-order valence-corrected chi connectivity index (χ2v) is 13.1. The Morgan fingerprint density at radius 1 is 1.09 bits per heavy atom. The molecule has 3 atom stereocenters. The Balaban J connectivity index is 1.70. The number of aromatic hydroxyl groups is 1. The van der Waals surface area contributed by atoms with Gasteiger partial charge in [-0.25, -0.2) is 4.79 Å². The van der Waals surface area contributed by atoms with Crippen molar-refractivity contribution in [3.05, 3.63) is 69.4 Å². The van der Waals surface area contributed by atoms with Crippen molar-refractivity contribution in [3.63, 3.8) is 0 Å². The molecular formula is C36H46O7. The molecule has 1 unspecified atom stereocenters. The monoisotopic (exact) mass is 590 g/mol. The van der Waals surface area contributed by atoms with Crippen LogP contribution in [0.4, 0.5) is 0 Å². The van der Waals surface area contributed by atoms with E-state index in [1.165, 1.54) is 5.57 Å². The average Bonchev–Trinajstić information content (AvgIpc) is 3.35. The summed E-state index contributed by atoms with van der Waals surface area (Å²) in [7, 11) is 0. The molecule has 0 saturated carbocycles. The molecule has 232 valence electrons. The zero-order valence-corrected chi connectivity index (χ0v) is 26.8. The van der Waals surface area contributed by atoms with Crippen molar-refractivity contribution in [2.75, 3.05) is 6.61 Å². The lowest BCUT2D eigenvalue weighted by molar-refractivity contribution is -0.132. The van der Waals surface area contributed by atoms with Crippen molar-refractivity contribution in [2.45, 2.75) is 105 Å². The third-order valence-electron chi connectivity index (χ3n) is 8.63. The number of aliphatic carboxylic acids is 1. The number of benzene rings is 1. The Hall–Kier alpha value is -3.58. The van der Waals surface area contributed by atoms with E-state index in [0.29, 0.717) is 48.5 Å². The summed E-state index contributed by atoms with van der Waals surface area (Å²) in [5.74, 6) is -0.508. The molecule has 2 N–H and O–H groups in total. The molecule has 0 spiro atoms. The van der Waals surface area contributed by atoms with Crippen molar-refractivity contribution in [2.24, 2.45) is 5.92 Å². The standard InChI is InChI=1S/C36H46O7/c1-21(2)11-9-18-36(8)19-17-25-30(38)28-29(37)24-15-16-27(35(6,7)41-20-10-12-23(5)34(39)40)32(24)42-33(28)26(31(25)43-36)14-13-22(3)4/h11-13,15,17,19,27,32,38H,9-10,14,16,18,20H2,1-8H3,(H,39,40)/b23-12+/t27-,32?,36-/m0/s1. The third-order valence-corrected chi connectivity index (χ3v) is 8.63. The van der Waals surface area contributed by atoms with Crippen LogP contribution in [0.1, 0.15) is 103 Å². The highest BCUT2D eigenvalue weighted by atomic mass is 16.5. The molecule has 43 heavy (non-hydrogen) atoms. The molecule has 0 radical (unpaired) electrons. The van der Waals surface area contributed by atoms with Crippen LogP contribution >= 0.6 is 0 Å². The molecule has 0 bridgehead atoms. The van der Waals surface area contributed by atoms with Crippen molar-refractivity contribution in [1.29, 1.82) is 0 Å². The van der Waals surface area contributed by atoms with E-state index in [9.17, 15) is 14.7 Å². The number of fused-ring (bicyclic) bond motifs is 3. The van der Waals surface area contributed by atoms with Gasteiger partial charge in [-0.1, -0.05) is 35.5 Å². The van der Waals surface area contributed by atoms with E-state index >= 15 is 0 Å². The van der Waals surface area contributed by atoms with Crippen molar-refractivity contribution in [1.82, 2.24) is 0 Å².